The van der Waals surface area contributed by atoms with E-state index in [1.165, 1.54) is 5.56 Å². The van der Waals surface area contributed by atoms with Crippen molar-refractivity contribution in [2.75, 3.05) is 19.4 Å². The zero-order chi connectivity index (χ0) is 14.5. The van der Waals surface area contributed by atoms with Crippen LogP contribution in [-0.2, 0) is 6.54 Å². The average Bonchev–Trinajstić information content (AvgIpc) is 2.49. The van der Waals surface area contributed by atoms with Gasteiger partial charge in [0.15, 0.2) is 0 Å². The second kappa shape index (κ2) is 6.19. The van der Waals surface area contributed by atoms with Crippen molar-refractivity contribution in [2.45, 2.75) is 13.5 Å². The number of hydrogen-bond acceptors (Lipinski definition) is 3. The first kappa shape index (κ1) is 14.1. The largest absolute Gasteiger partial charge is 0.387 e. The second-order valence-electron chi connectivity index (χ2n) is 4.77. The van der Waals surface area contributed by atoms with E-state index in [4.69, 9.17) is 0 Å². The third kappa shape index (κ3) is 3.15. The molecule has 1 aromatic heterocycles. The Morgan fingerprint density at radius 1 is 1.25 bits per heavy atom. The topological polar surface area (TPSA) is 45.2 Å². The van der Waals surface area contributed by atoms with Crippen LogP contribution in [0.25, 0.3) is 0 Å². The minimum Gasteiger partial charge on any atom is -0.387 e. The normalized spacial score (nSPS) is 10.2. The van der Waals surface area contributed by atoms with Gasteiger partial charge in [0, 0.05) is 20.6 Å². The third-order valence-corrected chi connectivity index (χ3v) is 3.29. The average molecular weight is 269 g/mol. The van der Waals surface area contributed by atoms with Crippen LogP contribution in [0.5, 0.6) is 0 Å². The molecule has 20 heavy (non-hydrogen) atoms. The van der Waals surface area contributed by atoms with Crippen LogP contribution in [0.15, 0.2) is 42.6 Å². The molecule has 0 aliphatic rings. The summed E-state index contributed by atoms with van der Waals surface area (Å²) < 4.78 is 0. The number of nitrogens with one attached hydrogen (secondary N) is 1. The minimum absolute atomic E-state index is 0.0732. The smallest absolute Gasteiger partial charge is 0.272 e. The van der Waals surface area contributed by atoms with E-state index in [1.807, 2.05) is 44.3 Å². The number of benzene rings is 1. The summed E-state index contributed by atoms with van der Waals surface area (Å²) in [5.74, 6) is -0.0732. The molecule has 0 unspecified atom stereocenters. The van der Waals surface area contributed by atoms with Crippen LogP contribution in [0.2, 0.25) is 0 Å². The highest BCUT2D eigenvalue weighted by Crippen LogP contribution is 2.12. The van der Waals surface area contributed by atoms with Gasteiger partial charge in [-0.05, 0) is 30.2 Å². The van der Waals surface area contributed by atoms with Crippen molar-refractivity contribution in [2.24, 2.45) is 0 Å². The molecular weight excluding hydrogens is 250 g/mol. The minimum atomic E-state index is -0.0732. The van der Waals surface area contributed by atoms with Gasteiger partial charge in [-0.3, -0.25) is 4.79 Å². The summed E-state index contributed by atoms with van der Waals surface area (Å²) in [6, 6.07) is 11.7. The number of carbonyl (C=O) groups is 1. The van der Waals surface area contributed by atoms with Crippen LogP contribution in [0.3, 0.4) is 0 Å². The Hall–Kier alpha value is -2.36. The number of nitrogens with zero attached hydrogens (tertiary/aromatic N) is 2. The summed E-state index contributed by atoms with van der Waals surface area (Å²) in [6.45, 7) is 2.63. The summed E-state index contributed by atoms with van der Waals surface area (Å²) >= 11 is 0. The van der Waals surface area contributed by atoms with E-state index in [2.05, 4.69) is 10.3 Å². The van der Waals surface area contributed by atoms with Crippen LogP contribution in [0.4, 0.5) is 5.69 Å². The Kier molecular flexibility index (Phi) is 4.35. The highest BCUT2D eigenvalue weighted by molar-refractivity contribution is 5.92. The Bertz CT molecular complexity index is 593. The van der Waals surface area contributed by atoms with Gasteiger partial charge in [0.1, 0.15) is 5.69 Å². The van der Waals surface area contributed by atoms with Gasteiger partial charge < -0.3 is 10.2 Å². The van der Waals surface area contributed by atoms with Gasteiger partial charge in [0.05, 0.1) is 11.9 Å². The van der Waals surface area contributed by atoms with Crippen LogP contribution in [0.1, 0.15) is 21.6 Å². The van der Waals surface area contributed by atoms with E-state index in [0.717, 1.165) is 11.3 Å². The Morgan fingerprint density at radius 2 is 2.00 bits per heavy atom. The molecule has 104 valence electrons. The van der Waals surface area contributed by atoms with Crippen molar-refractivity contribution in [3.63, 3.8) is 0 Å². The van der Waals surface area contributed by atoms with E-state index in [1.54, 1.807) is 24.2 Å². The molecule has 4 nitrogen and oxygen atoms in total. The molecule has 0 aliphatic carbocycles. The van der Waals surface area contributed by atoms with Gasteiger partial charge in [0.25, 0.3) is 5.91 Å². The lowest BCUT2D eigenvalue weighted by Crippen LogP contribution is -2.27. The first-order valence-corrected chi connectivity index (χ1v) is 6.55. The summed E-state index contributed by atoms with van der Waals surface area (Å²) in [5.41, 5.74) is 3.68. The molecule has 0 spiro atoms. The fourth-order valence-electron chi connectivity index (χ4n) is 1.98. The highest BCUT2D eigenvalue weighted by Gasteiger charge is 2.13. The SMILES string of the molecule is CNc1ccc(C(=O)N(C)Cc2ccccc2C)nc1. The quantitative estimate of drug-likeness (QED) is 0.928. The maximum Gasteiger partial charge on any atom is 0.272 e. The Balaban J connectivity index is 2.10. The number of rotatable bonds is 4. The van der Waals surface area contributed by atoms with Crippen molar-refractivity contribution in [3.8, 4) is 0 Å². The molecule has 1 N–H and O–H groups in total. The first-order chi connectivity index (χ1) is 9.61. The van der Waals surface area contributed by atoms with E-state index >= 15 is 0 Å². The fraction of sp³-hybridized carbons (Fsp3) is 0.250. The molecule has 0 bridgehead atoms. The molecule has 0 saturated heterocycles. The monoisotopic (exact) mass is 269 g/mol. The predicted octanol–water partition coefficient (Wildman–Crippen LogP) is 2.70. The molecule has 0 atom stereocenters. The van der Waals surface area contributed by atoms with Crippen molar-refractivity contribution in [1.82, 2.24) is 9.88 Å². The third-order valence-electron chi connectivity index (χ3n) is 3.29. The molecule has 0 fully saturated rings. The van der Waals surface area contributed by atoms with Crippen LogP contribution in [0, 0.1) is 6.92 Å². The number of aryl methyl sites for hydroxylation is 1. The van der Waals surface area contributed by atoms with Gasteiger partial charge >= 0.3 is 0 Å². The van der Waals surface area contributed by atoms with Crippen LogP contribution in [-0.4, -0.2) is 29.9 Å². The maximum absolute atomic E-state index is 12.3. The Morgan fingerprint density at radius 3 is 2.60 bits per heavy atom. The molecule has 2 aromatic rings. The number of pyridine rings is 1. The van der Waals surface area contributed by atoms with E-state index in [-0.39, 0.29) is 5.91 Å². The first-order valence-electron chi connectivity index (χ1n) is 6.55. The van der Waals surface area contributed by atoms with Gasteiger partial charge in [-0.15, -0.1) is 0 Å². The van der Waals surface area contributed by atoms with Gasteiger partial charge in [0.2, 0.25) is 0 Å². The standard InChI is InChI=1S/C16H19N3O/c1-12-6-4-5-7-13(12)11-19(3)16(20)15-9-8-14(17-2)10-18-15/h4-10,17H,11H2,1-3H3. The molecule has 4 heteroatoms. The molecular formula is C16H19N3O. The summed E-state index contributed by atoms with van der Waals surface area (Å²) in [4.78, 5) is 18.2. The molecule has 0 saturated carbocycles. The maximum atomic E-state index is 12.3. The molecule has 1 amide bonds. The molecule has 0 aliphatic heterocycles. The molecule has 1 aromatic carbocycles. The number of amides is 1. The van der Waals surface area contributed by atoms with E-state index < -0.39 is 0 Å². The highest BCUT2D eigenvalue weighted by atomic mass is 16.2. The van der Waals surface area contributed by atoms with Crippen molar-refractivity contribution in [3.05, 3.63) is 59.4 Å². The van der Waals surface area contributed by atoms with Crippen molar-refractivity contribution in [1.29, 1.82) is 0 Å². The Labute approximate surface area is 119 Å². The molecule has 0 radical (unpaired) electrons. The van der Waals surface area contributed by atoms with Gasteiger partial charge in [-0.25, -0.2) is 4.98 Å². The zero-order valence-electron chi connectivity index (χ0n) is 12.1. The predicted molar refractivity (Wildman–Crippen MR) is 80.8 cm³/mol. The molecule has 1 heterocycles. The lowest BCUT2D eigenvalue weighted by atomic mass is 10.1. The van der Waals surface area contributed by atoms with Gasteiger partial charge in [-0.1, -0.05) is 24.3 Å². The summed E-state index contributed by atoms with van der Waals surface area (Å²) in [6.07, 6.45) is 1.66. The van der Waals surface area contributed by atoms with Crippen molar-refractivity contribution >= 4 is 11.6 Å². The summed E-state index contributed by atoms with van der Waals surface area (Å²) in [7, 11) is 3.62. The number of carbonyl (C=O) groups excluding carboxylic acids is 1. The summed E-state index contributed by atoms with van der Waals surface area (Å²) in [5, 5.41) is 2.98. The van der Waals surface area contributed by atoms with E-state index in [0.29, 0.717) is 12.2 Å². The fourth-order valence-corrected chi connectivity index (χ4v) is 1.98. The lowest BCUT2D eigenvalue weighted by molar-refractivity contribution is 0.0779. The number of hydrogen-bond donors (Lipinski definition) is 1. The van der Waals surface area contributed by atoms with Crippen LogP contribution >= 0.6 is 0 Å². The molecule has 2 rings (SSSR count). The van der Waals surface area contributed by atoms with Crippen LogP contribution < -0.4 is 5.32 Å². The number of aromatic nitrogens is 1. The van der Waals surface area contributed by atoms with Gasteiger partial charge in [-0.2, -0.15) is 0 Å². The van der Waals surface area contributed by atoms with E-state index in [9.17, 15) is 4.79 Å². The lowest BCUT2D eigenvalue weighted by Gasteiger charge is -2.18. The number of anilines is 1. The zero-order valence-corrected chi connectivity index (χ0v) is 12.1. The second-order valence-corrected chi connectivity index (χ2v) is 4.77. The van der Waals surface area contributed by atoms with Crippen molar-refractivity contribution < 1.29 is 4.79 Å².